The lowest BCUT2D eigenvalue weighted by molar-refractivity contribution is -0.118. The van der Waals surface area contributed by atoms with E-state index in [2.05, 4.69) is 10.3 Å². The number of benzene rings is 1. The van der Waals surface area contributed by atoms with Crippen LogP contribution >= 0.6 is 0 Å². The highest BCUT2D eigenvalue weighted by Crippen LogP contribution is 2.58. The number of pyridine rings is 1. The van der Waals surface area contributed by atoms with Gasteiger partial charge in [0.05, 0.1) is 11.9 Å². The van der Waals surface area contributed by atoms with E-state index >= 15 is 0 Å². The third-order valence-electron chi connectivity index (χ3n) is 5.20. The fraction of sp³-hybridized carbons (Fsp3) is 0.316. The van der Waals surface area contributed by atoms with Crippen molar-refractivity contribution in [3.63, 3.8) is 0 Å². The van der Waals surface area contributed by atoms with Gasteiger partial charge in [-0.1, -0.05) is 0 Å². The first-order valence-corrected chi connectivity index (χ1v) is 8.33. The lowest BCUT2D eigenvalue weighted by Gasteiger charge is -2.17. The summed E-state index contributed by atoms with van der Waals surface area (Å²) in [7, 11) is 0. The Morgan fingerprint density at radius 2 is 2.04 bits per heavy atom. The number of hydrogen-bond donors (Lipinski definition) is 1. The van der Waals surface area contributed by atoms with Crippen LogP contribution in [0.15, 0.2) is 48.8 Å². The maximum absolute atomic E-state index is 13.0. The topological polar surface area (TPSA) is 62.3 Å². The number of carbonyl (C=O) groups excluding carboxylic acids is 2. The van der Waals surface area contributed by atoms with E-state index in [1.807, 2.05) is 0 Å². The van der Waals surface area contributed by atoms with Gasteiger partial charge in [-0.2, -0.15) is 0 Å². The molecule has 0 bridgehead atoms. The first kappa shape index (κ1) is 15.7. The summed E-state index contributed by atoms with van der Waals surface area (Å²) in [5.41, 5.74) is 1.06. The van der Waals surface area contributed by atoms with E-state index in [9.17, 15) is 14.0 Å². The molecule has 1 aromatic heterocycles. The van der Waals surface area contributed by atoms with Crippen LogP contribution in [-0.2, 0) is 4.79 Å². The van der Waals surface area contributed by atoms with Crippen molar-refractivity contribution in [3.05, 3.63) is 60.2 Å². The number of rotatable bonds is 3. The molecule has 1 aliphatic carbocycles. The first-order valence-electron chi connectivity index (χ1n) is 8.33. The number of halogens is 1. The zero-order valence-corrected chi connectivity index (χ0v) is 13.6. The van der Waals surface area contributed by atoms with E-state index in [-0.39, 0.29) is 29.0 Å². The molecule has 6 heteroatoms. The van der Waals surface area contributed by atoms with Gasteiger partial charge in [0, 0.05) is 36.2 Å². The van der Waals surface area contributed by atoms with Crippen LogP contribution in [-0.4, -0.2) is 34.8 Å². The Balaban J connectivity index is 1.39. The molecule has 2 atom stereocenters. The van der Waals surface area contributed by atoms with Crippen LogP contribution in [0.4, 0.5) is 10.1 Å². The smallest absolute Gasteiger partial charge is 0.253 e. The Morgan fingerprint density at radius 1 is 1.24 bits per heavy atom. The lowest BCUT2D eigenvalue weighted by atomic mass is 10.0. The molecule has 4 rings (SSSR count). The van der Waals surface area contributed by atoms with Gasteiger partial charge in [0.1, 0.15) is 5.82 Å². The number of nitrogens with one attached hydrogen (secondary N) is 1. The number of nitrogens with zero attached hydrogens (tertiary/aromatic N) is 2. The molecule has 1 saturated carbocycles. The standard InChI is InChI=1S/C19H18FN3O2/c20-14-5-3-13(4-6-14)18(25)23-9-7-19(12-23)10-16(19)17(24)22-15-2-1-8-21-11-15/h1-6,8,11,16H,7,9-10,12H2,(H,22,24)/t16-,19+/m1/s1. The van der Waals surface area contributed by atoms with Crippen molar-refractivity contribution >= 4 is 17.5 Å². The van der Waals surface area contributed by atoms with Crippen LogP contribution < -0.4 is 5.32 Å². The van der Waals surface area contributed by atoms with Gasteiger partial charge in [0.25, 0.3) is 5.91 Å². The molecule has 5 nitrogen and oxygen atoms in total. The van der Waals surface area contributed by atoms with E-state index in [1.54, 1.807) is 29.4 Å². The molecule has 1 aromatic carbocycles. The van der Waals surface area contributed by atoms with Gasteiger partial charge in [0.15, 0.2) is 0 Å². The summed E-state index contributed by atoms with van der Waals surface area (Å²) in [6.45, 7) is 1.21. The molecule has 128 valence electrons. The molecule has 0 radical (unpaired) electrons. The number of anilines is 1. The van der Waals surface area contributed by atoms with E-state index in [0.717, 1.165) is 12.8 Å². The minimum absolute atomic E-state index is 0.0101. The summed E-state index contributed by atoms with van der Waals surface area (Å²) in [5.74, 6) is -0.540. The summed E-state index contributed by atoms with van der Waals surface area (Å²) in [6.07, 6.45) is 4.90. The van der Waals surface area contributed by atoms with Gasteiger partial charge < -0.3 is 10.2 Å². The van der Waals surface area contributed by atoms with Gasteiger partial charge >= 0.3 is 0 Å². The molecule has 2 amide bonds. The summed E-state index contributed by atoms with van der Waals surface area (Å²) >= 11 is 0. The van der Waals surface area contributed by atoms with Crippen LogP contribution in [0.25, 0.3) is 0 Å². The predicted octanol–water partition coefficient (Wildman–Crippen LogP) is 2.71. The van der Waals surface area contributed by atoms with Crippen LogP contribution in [0.3, 0.4) is 0 Å². The van der Waals surface area contributed by atoms with Crippen molar-refractivity contribution in [3.8, 4) is 0 Å². The highest BCUT2D eigenvalue weighted by atomic mass is 19.1. The molecule has 2 aromatic rings. The number of likely N-dealkylation sites (tertiary alicyclic amines) is 1. The number of aromatic nitrogens is 1. The van der Waals surface area contributed by atoms with Crippen molar-refractivity contribution in [2.45, 2.75) is 12.8 Å². The molecule has 2 heterocycles. The van der Waals surface area contributed by atoms with Gasteiger partial charge in [-0.05, 0) is 49.2 Å². The molecular weight excluding hydrogens is 321 g/mol. The fourth-order valence-corrected chi connectivity index (χ4v) is 3.68. The third kappa shape index (κ3) is 2.99. The summed E-state index contributed by atoms with van der Waals surface area (Å²) < 4.78 is 13.0. The largest absolute Gasteiger partial charge is 0.338 e. The summed E-state index contributed by atoms with van der Waals surface area (Å²) in [5, 5.41) is 2.89. The van der Waals surface area contributed by atoms with Crippen molar-refractivity contribution in [1.82, 2.24) is 9.88 Å². The summed E-state index contributed by atoms with van der Waals surface area (Å²) in [4.78, 5) is 30.7. The number of amides is 2. The molecule has 2 aliphatic rings. The van der Waals surface area contributed by atoms with E-state index in [0.29, 0.717) is 24.3 Å². The lowest BCUT2D eigenvalue weighted by Crippen LogP contribution is -2.30. The van der Waals surface area contributed by atoms with Gasteiger partial charge in [-0.15, -0.1) is 0 Å². The second kappa shape index (κ2) is 5.95. The quantitative estimate of drug-likeness (QED) is 0.935. The Hall–Kier alpha value is -2.76. The second-order valence-electron chi connectivity index (χ2n) is 6.83. The van der Waals surface area contributed by atoms with Crippen LogP contribution in [0, 0.1) is 17.2 Å². The average Bonchev–Trinajstić information content (AvgIpc) is 3.16. The minimum atomic E-state index is -0.358. The van der Waals surface area contributed by atoms with Crippen molar-refractivity contribution in [2.75, 3.05) is 18.4 Å². The molecular formula is C19H18FN3O2. The highest BCUT2D eigenvalue weighted by Gasteiger charge is 2.61. The average molecular weight is 339 g/mol. The third-order valence-corrected chi connectivity index (χ3v) is 5.20. The van der Waals surface area contributed by atoms with Crippen molar-refractivity contribution < 1.29 is 14.0 Å². The van der Waals surface area contributed by atoms with Gasteiger partial charge in [-0.25, -0.2) is 4.39 Å². The van der Waals surface area contributed by atoms with Crippen LogP contribution in [0.2, 0.25) is 0 Å². The Labute approximate surface area is 144 Å². The van der Waals surface area contributed by atoms with Gasteiger partial charge in [0.2, 0.25) is 5.91 Å². The molecule has 1 saturated heterocycles. The Morgan fingerprint density at radius 3 is 2.76 bits per heavy atom. The number of carbonyl (C=O) groups is 2. The monoisotopic (exact) mass is 339 g/mol. The van der Waals surface area contributed by atoms with Crippen LogP contribution in [0.5, 0.6) is 0 Å². The van der Waals surface area contributed by atoms with Crippen molar-refractivity contribution in [2.24, 2.45) is 11.3 Å². The maximum atomic E-state index is 13.0. The number of hydrogen-bond acceptors (Lipinski definition) is 3. The first-order chi connectivity index (χ1) is 12.1. The molecule has 2 fully saturated rings. The Kier molecular flexibility index (Phi) is 3.75. The zero-order chi connectivity index (χ0) is 17.4. The molecule has 0 unspecified atom stereocenters. The van der Waals surface area contributed by atoms with E-state index in [1.165, 1.54) is 24.3 Å². The molecule has 1 N–H and O–H groups in total. The van der Waals surface area contributed by atoms with Crippen LogP contribution in [0.1, 0.15) is 23.2 Å². The fourth-order valence-electron chi connectivity index (χ4n) is 3.68. The van der Waals surface area contributed by atoms with Gasteiger partial charge in [-0.3, -0.25) is 14.6 Å². The van der Waals surface area contributed by atoms with E-state index < -0.39 is 0 Å². The SMILES string of the molecule is O=C(Nc1cccnc1)[C@H]1C[C@]12CCN(C(=O)c1ccc(F)cc1)C2. The Bertz CT molecular complexity index is 809. The van der Waals surface area contributed by atoms with Crippen molar-refractivity contribution in [1.29, 1.82) is 0 Å². The zero-order valence-electron chi connectivity index (χ0n) is 13.6. The van der Waals surface area contributed by atoms with E-state index in [4.69, 9.17) is 0 Å². The highest BCUT2D eigenvalue weighted by molar-refractivity contribution is 5.96. The molecule has 1 aliphatic heterocycles. The molecule has 25 heavy (non-hydrogen) atoms. The normalized spacial score (nSPS) is 24.4. The second-order valence-corrected chi connectivity index (χ2v) is 6.83. The predicted molar refractivity (Wildman–Crippen MR) is 90.3 cm³/mol. The maximum Gasteiger partial charge on any atom is 0.253 e. The molecule has 1 spiro atoms. The summed E-state index contributed by atoms with van der Waals surface area (Å²) in [6, 6.07) is 9.17. The minimum Gasteiger partial charge on any atom is -0.338 e.